The standard InChI is InChI=1S/C18H18N2O3/c1-3-22-14-9-7-12(11-16(14)21-2)8-10-17-20-18-13(19)5-4-6-15(18)23-17/h4-11H,3,19H2,1-2H3/b10-8+. The molecule has 2 N–H and O–H groups in total. The molecule has 1 aromatic heterocycles. The molecule has 0 saturated carbocycles. The number of hydrogen-bond donors (Lipinski definition) is 1. The van der Waals surface area contributed by atoms with E-state index in [9.17, 15) is 0 Å². The summed E-state index contributed by atoms with van der Waals surface area (Å²) in [7, 11) is 1.62. The third-order valence-corrected chi connectivity index (χ3v) is 3.37. The Hall–Kier alpha value is -2.95. The lowest BCUT2D eigenvalue weighted by Crippen LogP contribution is -1.95. The van der Waals surface area contributed by atoms with Crippen molar-refractivity contribution >= 4 is 28.9 Å². The Morgan fingerprint density at radius 2 is 2.04 bits per heavy atom. The van der Waals surface area contributed by atoms with Gasteiger partial charge in [-0.15, -0.1) is 0 Å². The number of para-hydroxylation sites is 1. The fraction of sp³-hybridized carbons (Fsp3) is 0.167. The fourth-order valence-electron chi connectivity index (χ4n) is 2.29. The minimum absolute atomic E-state index is 0.505. The molecule has 23 heavy (non-hydrogen) atoms. The lowest BCUT2D eigenvalue weighted by molar-refractivity contribution is 0.311. The smallest absolute Gasteiger partial charge is 0.220 e. The van der Waals surface area contributed by atoms with E-state index in [2.05, 4.69) is 4.98 Å². The fourth-order valence-corrected chi connectivity index (χ4v) is 2.29. The van der Waals surface area contributed by atoms with Gasteiger partial charge in [-0.25, -0.2) is 4.98 Å². The number of oxazole rings is 1. The number of nitrogens with zero attached hydrogens (tertiary/aromatic N) is 1. The highest BCUT2D eigenvalue weighted by molar-refractivity contribution is 5.86. The van der Waals surface area contributed by atoms with Crippen molar-refractivity contribution in [2.75, 3.05) is 19.5 Å². The predicted octanol–water partition coefficient (Wildman–Crippen LogP) is 3.99. The van der Waals surface area contributed by atoms with Gasteiger partial charge in [0.2, 0.25) is 5.89 Å². The zero-order valence-electron chi connectivity index (χ0n) is 13.1. The number of rotatable bonds is 5. The first kappa shape index (κ1) is 15.0. The first-order chi connectivity index (χ1) is 11.2. The maximum atomic E-state index is 5.88. The van der Waals surface area contributed by atoms with E-state index in [0.717, 1.165) is 11.3 Å². The Balaban J connectivity index is 1.87. The monoisotopic (exact) mass is 310 g/mol. The number of aromatic nitrogens is 1. The minimum Gasteiger partial charge on any atom is -0.493 e. The zero-order chi connectivity index (χ0) is 16.2. The molecule has 3 aromatic rings. The van der Waals surface area contributed by atoms with Crippen LogP contribution >= 0.6 is 0 Å². The molecule has 3 rings (SSSR count). The van der Waals surface area contributed by atoms with Crippen LogP contribution < -0.4 is 15.2 Å². The molecule has 5 heteroatoms. The Morgan fingerprint density at radius 3 is 2.78 bits per heavy atom. The molecule has 0 radical (unpaired) electrons. The van der Waals surface area contributed by atoms with Gasteiger partial charge >= 0.3 is 0 Å². The number of hydrogen-bond acceptors (Lipinski definition) is 5. The molecule has 0 saturated heterocycles. The van der Waals surface area contributed by atoms with Crippen LogP contribution in [0.25, 0.3) is 23.3 Å². The van der Waals surface area contributed by atoms with Gasteiger partial charge in [0, 0.05) is 6.08 Å². The van der Waals surface area contributed by atoms with Gasteiger partial charge in [0.1, 0.15) is 5.52 Å². The average molecular weight is 310 g/mol. The van der Waals surface area contributed by atoms with Crippen LogP contribution in [0.2, 0.25) is 0 Å². The molecule has 0 spiro atoms. The van der Waals surface area contributed by atoms with Crippen molar-refractivity contribution in [3.05, 3.63) is 47.9 Å². The summed E-state index contributed by atoms with van der Waals surface area (Å²) in [6.07, 6.45) is 3.70. The maximum absolute atomic E-state index is 5.88. The van der Waals surface area contributed by atoms with Crippen LogP contribution in [0.4, 0.5) is 5.69 Å². The Morgan fingerprint density at radius 1 is 1.17 bits per heavy atom. The minimum atomic E-state index is 0.505. The lowest BCUT2D eigenvalue weighted by Gasteiger charge is -2.09. The molecule has 0 fully saturated rings. The number of methoxy groups -OCH3 is 1. The highest BCUT2D eigenvalue weighted by Gasteiger charge is 2.06. The lowest BCUT2D eigenvalue weighted by atomic mass is 10.2. The first-order valence-corrected chi connectivity index (χ1v) is 7.35. The third kappa shape index (κ3) is 3.13. The van der Waals surface area contributed by atoms with Gasteiger partial charge < -0.3 is 19.6 Å². The third-order valence-electron chi connectivity index (χ3n) is 3.37. The number of benzene rings is 2. The van der Waals surface area contributed by atoms with Crippen LogP contribution in [-0.2, 0) is 0 Å². The predicted molar refractivity (Wildman–Crippen MR) is 91.5 cm³/mol. The van der Waals surface area contributed by atoms with Crippen LogP contribution in [-0.4, -0.2) is 18.7 Å². The molecule has 0 aliphatic heterocycles. The molecule has 0 aliphatic rings. The molecule has 0 bridgehead atoms. The summed E-state index contributed by atoms with van der Waals surface area (Å²) in [5.41, 5.74) is 8.80. The van der Waals surface area contributed by atoms with Crippen molar-refractivity contribution in [1.82, 2.24) is 4.98 Å². The van der Waals surface area contributed by atoms with E-state index in [-0.39, 0.29) is 0 Å². The molecular weight excluding hydrogens is 292 g/mol. The first-order valence-electron chi connectivity index (χ1n) is 7.35. The second-order valence-electron chi connectivity index (χ2n) is 4.92. The van der Waals surface area contributed by atoms with E-state index < -0.39 is 0 Å². The van der Waals surface area contributed by atoms with Gasteiger partial charge in [-0.1, -0.05) is 12.1 Å². The van der Waals surface area contributed by atoms with Crippen LogP contribution in [0.5, 0.6) is 11.5 Å². The summed E-state index contributed by atoms with van der Waals surface area (Å²) < 4.78 is 16.5. The van der Waals surface area contributed by atoms with E-state index in [1.54, 1.807) is 19.3 Å². The quantitative estimate of drug-likeness (QED) is 0.722. The number of nitrogens with two attached hydrogens (primary N) is 1. The molecule has 118 valence electrons. The van der Waals surface area contributed by atoms with Crippen molar-refractivity contribution < 1.29 is 13.9 Å². The Kier molecular flexibility index (Phi) is 4.19. The number of ether oxygens (including phenoxy) is 2. The second kappa shape index (κ2) is 6.44. The van der Waals surface area contributed by atoms with Crippen LogP contribution in [0.15, 0.2) is 40.8 Å². The molecule has 0 amide bonds. The Labute approximate surface area is 134 Å². The Bertz CT molecular complexity index is 853. The summed E-state index contributed by atoms with van der Waals surface area (Å²) in [4.78, 5) is 4.38. The summed E-state index contributed by atoms with van der Waals surface area (Å²) >= 11 is 0. The molecular formula is C18H18N2O3. The summed E-state index contributed by atoms with van der Waals surface area (Å²) in [6.45, 7) is 2.53. The second-order valence-corrected chi connectivity index (χ2v) is 4.92. The van der Waals surface area contributed by atoms with E-state index in [0.29, 0.717) is 35.0 Å². The normalized spacial score (nSPS) is 11.2. The molecule has 1 heterocycles. The summed E-state index contributed by atoms with van der Waals surface area (Å²) in [5.74, 6) is 1.92. The molecule has 0 unspecified atom stereocenters. The van der Waals surface area contributed by atoms with Gasteiger partial charge in [0.15, 0.2) is 17.1 Å². The maximum Gasteiger partial charge on any atom is 0.220 e. The van der Waals surface area contributed by atoms with E-state index in [1.165, 1.54) is 0 Å². The van der Waals surface area contributed by atoms with Crippen molar-refractivity contribution in [2.24, 2.45) is 0 Å². The number of fused-ring (bicyclic) bond motifs is 1. The number of anilines is 1. The van der Waals surface area contributed by atoms with Gasteiger partial charge in [0.05, 0.1) is 19.4 Å². The van der Waals surface area contributed by atoms with Crippen LogP contribution in [0, 0.1) is 0 Å². The van der Waals surface area contributed by atoms with Crippen molar-refractivity contribution in [3.63, 3.8) is 0 Å². The molecule has 2 aromatic carbocycles. The van der Waals surface area contributed by atoms with Gasteiger partial charge in [-0.2, -0.15) is 0 Å². The van der Waals surface area contributed by atoms with E-state index in [1.807, 2.05) is 43.3 Å². The SMILES string of the molecule is CCOc1ccc(/C=C/c2nc3c(N)cccc3o2)cc1OC. The average Bonchev–Trinajstić information content (AvgIpc) is 2.99. The van der Waals surface area contributed by atoms with E-state index in [4.69, 9.17) is 19.6 Å². The highest BCUT2D eigenvalue weighted by Crippen LogP contribution is 2.29. The van der Waals surface area contributed by atoms with Gasteiger partial charge in [0.25, 0.3) is 0 Å². The van der Waals surface area contributed by atoms with Crippen LogP contribution in [0.1, 0.15) is 18.4 Å². The molecule has 5 nitrogen and oxygen atoms in total. The topological polar surface area (TPSA) is 70.5 Å². The van der Waals surface area contributed by atoms with Crippen LogP contribution in [0.3, 0.4) is 0 Å². The summed E-state index contributed by atoms with van der Waals surface area (Å²) in [6, 6.07) is 11.2. The van der Waals surface area contributed by atoms with Crippen molar-refractivity contribution in [3.8, 4) is 11.5 Å². The van der Waals surface area contributed by atoms with Gasteiger partial charge in [-0.3, -0.25) is 0 Å². The highest BCUT2D eigenvalue weighted by atomic mass is 16.5. The summed E-state index contributed by atoms with van der Waals surface area (Å²) in [5, 5.41) is 0. The number of nitrogen functional groups attached to an aromatic ring is 1. The van der Waals surface area contributed by atoms with E-state index >= 15 is 0 Å². The zero-order valence-corrected chi connectivity index (χ0v) is 13.1. The van der Waals surface area contributed by atoms with Crippen molar-refractivity contribution in [2.45, 2.75) is 6.92 Å². The largest absolute Gasteiger partial charge is 0.493 e. The van der Waals surface area contributed by atoms with Gasteiger partial charge in [-0.05, 0) is 42.8 Å². The van der Waals surface area contributed by atoms with Crippen molar-refractivity contribution in [1.29, 1.82) is 0 Å². The molecule has 0 aliphatic carbocycles. The molecule has 0 atom stereocenters.